The van der Waals surface area contributed by atoms with Crippen LogP contribution in [0.3, 0.4) is 0 Å². The van der Waals surface area contributed by atoms with Crippen LogP contribution >= 0.6 is 0 Å². The molecule has 0 amide bonds. The van der Waals surface area contributed by atoms with Crippen molar-refractivity contribution in [2.75, 3.05) is 13.1 Å². The van der Waals surface area contributed by atoms with Crippen molar-refractivity contribution in [1.29, 1.82) is 0 Å². The van der Waals surface area contributed by atoms with Gasteiger partial charge >= 0.3 is 0 Å². The summed E-state index contributed by atoms with van der Waals surface area (Å²) >= 11 is 0. The Bertz CT molecular complexity index is 511. The zero-order valence-electron chi connectivity index (χ0n) is 12.0. The Morgan fingerprint density at radius 2 is 1.95 bits per heavy atom. The van der Waals surface area contributed by atoms with Crippen molar-refractivity contribution < 1.29 is 4.42 Å². The van der Waals surface area contributed by atoms with Gasteiger partial charge < -0.3 is 9.73 Å². The van der Waals surface area contributed by atoms with Gasteiger partial charge in [-0.25, -0.2) is 4.98 Å². The van der Waals surface area contributed by atoms with Crippen LogP contribution in [0.15, 0.2) is 28.8 Å². The lowest BCUT2D eigenvalue weighted by Gasteiger charge is -2.05. The highest BCUT2D eigenvalue weighted by Crippen LogP contribution is 2.27. The van der Waals surface area contributed by atoms with Gasteiger partial charge in [0, 0.05) is 12.0 Å². The van der Waals surface area contributed by atoms with Gasteiger partial charge in [-0.15, -0.1) is 0 Å². The van der Waals surface area contributed by atoms with E-state index < -0.39 is 0 Å². The minimum Gasteiger partial charge on any atom is -0.441 e. The molecular formula is C16H22N2O. The summed E-state index contributed by atoms with van der Waals surface area (Å²) in [7, 11) is 0. The molecule has 0 spiro atoms. The molecule has 3 heteroatoms. The Morgan fingerprint density at radius 1 is 1.21 bits per heavy atom. The van der Waals surface area contributed by atoms with E-state index in [2.05, 4.69) is 49.3 Å². The largest absolute Gasteiger partial charge is 0.441 e. The Labute approximate surface area is 115 Å². The Hall–Kier alpha value is -1.61. The molecule has 102 valence electrons. The van der Waals surface area contributed by atoms with Crippen LogP contribution in [-0.2, 0) is 6.42 Å². The van der Waals surface area contributed by atoms with Crippen molar-refractivity contribution >= 4 is 0 Å². The molecule has 0 fully saturated rings. The van der Waals surface area contributed by atoms with Crippen LogP contribution in [0.4, 0.5) is 0 Å². The first-order chi connectivity index (χ1) is 9.22. The monoisotopic (exact) mass is 258 g/mol. The molecule has 19 heavy (non-hydrogen) atoms. The topological polar surface area (TPSA) is 38.1 Å². The summed E-state index contributed by atoms with van der Waals surface area (Å²) in [5.74, 6) is 1.71. The maximum Gasteiger partial charge on any atom is 0.194 e. The van der Waals surface area contributed by atoms with Crippen molar-refractivity contribution in [3.05, 3.63) is 41.4 Å². The first-order valence-corrected chi connectivity index (χ1v) is 6.94. The van der Waals surface area contributed by atoms with E-state index in [0.717, 1.165) is 37.6 Å². The van der Waals surface area contributed by atoms with E-state index in [9.17, 15) is 0 Å². The average Bonchev–Trinajstić information content (AvgIpc) is 2.83. The molecular weight excluding hydrogens is 236 g/mol. The Kier molecular flexibility index (Phi) is 4.74. The van der Waals surface area contributed by atoms with Crippen LogP contribution in [0.25, 0.3) is 11.3 Å². The fraction of sp³-hybridized carbons (Fsp3) is 0.438. The summed E-state index contributed by atoms with van der Waals surface area (Å²) < 4.78 is 5.87. The van der Waals surface area contributed by atoms with Crippen LogP contribution in [-0.4, -0.2) is 18.1 Å². The van der Waals surface area contributed by atoms with E-state index in [1.165, 1.54) is 16.7 Å². The lowest BCUT2D eigenvalue weighted by Crippen LogP contribution is -2.14. The lowest BCUT2D eigenvalue weighted by molar-refractivity contribution is 0.492. The van der Waals surface area contributed by atoms with Gasteiger partial charge in [0.15, 0.2) is 11.7 Å². The first kappa shape index (κ1) is 13.8. The zero-order valence-corrected chi connectivity index (χ0v) is 12.0. The predicted octanol–water partition coefficient (Wildman–Crippen LogP) is 3.50. The summed E-state index contributed by atoms with van der Waals surface area (Å²) in [6, 6.07) is 6.28. The Morgan fingerprint density at radius 3 is 2.63 bits per heavy atom. The number of hydrogen-bond donors (Lipinski definition) is 1. The van der Waals surface area contributed by atoms with Crippen molar-refractivity contribution in [2.45, 2.75) is 33.6 Å². The molecule has 0 bridgehead atoms. The van der Waals surface area contributed by atoms with Gasteiger partial charge in [-0.3, -0.25) is 0 Å². The number of rotatable bonds is 6. The fourth-order valence-electron chi connectivity index (χ4n) is 2.29. The summed E-state index contributed by atoms with van der Waals surface area (Å²) in [6.07, 6.45) is 3.79. The first-order valence-electron chi connectivity index (χ1n) is 6.94. The number of aryl methyl sites for hydroxylation is 3. The maximum absolute atomic E-state index is 5.87. The molecule has 0 saturated carbocycles. The van der Waals surface area contributed by atoms with Crippen molar-refractivity contribution in [1.82, 2.24) is 10.3 Å². The molecule has 1 heterocycles. The van der Waals surface area contributed by atoms with Crippen LogP contribution < -0.4 is 5.32 Å². The molecule has 0 atom stereocenters. The second-order valence-electron chi connectivity index (χ2n) is 4.84. The summed E-state index contributed by atoms with van der Waals surface area (Å²) in [5, 5.41) is 3.31. The van der Waals surface area contributed by atoms with E-state index >= 15 is 0 Å². The number of aromatic nitrogens is 1. The third-order valence-electron chi connectivity index (χ3n) is 3.28. The highest BCUT2D eigenvalue weighted by molar-refractivity contribution is 5.65. The fourth-order valence-corrected chi connectivity index (χ4v) is 2.29. The molecule has 1 aromatic heterocycles. The summed E-state index contributed by atoms with van der Waals surface area (Å²) in [5.41, 5.74) is 3.64. The van der Waals surface area contributed by atoms with Gasteiger partial charge in [-0.05, 0) is 44.5 Å². The molecule has 2 aromatic rings. The van der Waals surface area contributed by atoms with Gasteiger partial charge in [0.25, 0.3) is 0 Å². The van der Waals surface area contributed by atoms with Crippen molar-refractivity contribution in [3.63, 3.8) is 0 Å². The van der Waals surface area contributed by atoms with Gasteiger partial charge in [0.2, 0.25) is 0 Å². The molecule has 0 saturated heterocycles. The third-order valence-corrected chi connectivity index (χ3v) is 3.28. The SMILES string of the molecule is CCNCCCc1ncc(-c2c(C)cccc2C)o1. The molecule has 2 rings (SSSR count). The van der Waals surface area contributed by atoms with Gasteiger partial charge in [-0.1, -0.05) is 25.1 Å². The molecule has 0 unspecified atom stereocenters. The molecule has 0 aliphatic rings. The number of nitrogens with one attached hydrogen (secondary N) is 1. The van der Waals surface area contributed by atoms with E-state index in [0.29, 0.717) is 0 Å². The van der Waals surface area contributed by atoms with Gasteiger partial charge in [-0.2, -0.15) is 0 Å². The predicted molar refractivity (Wildman–Crippen MR) is 78.3 cm³/mol. The molecule has 3 nitrogen and oxygen atoms in total. The van der Waals surface area contributed by atoms with Crippen LogP contribution in [0.2, 0.25) is 0 Å². The number of nitrogens with zero attached hydrogens (tertiary/aromatic N) is 1. The summed E-state index contributed by atoms with van der Waals surface area (Å²) in [6.45, 7) is 8.35. The number of benzene rings is 1. The van der Waals surface area contributed by atoms with Crippen molar-refractivity contribution in [2.24, 2.45) is 0 Å². The van der Waals surface area contributed by atoms with Gasteiger partial charge in [0.1, 0.15) is 0 Å². The Balaban J connectivity index is 2.08. The van der Waals surface area contributed by atoms with E-state index in [1.807, 2.05) is 6.20 Å². The molecule has 0 aliphatic heterocycles. The van der Waals surface area contributed by atoms with Gasteiger partial charge in [0.05, 0.1) is 6.20 Å². The zero-order chi connectivity index (χ0) is 13.7. The van der Waals surface area contributed by atoms with E-state index in [-0.39, 0.29) is 0 Å². The highest BCUT2D eigenvalue weighted by atomic mass is 16.4. The second-order valence-corrected chi connectivity index (χ2v) is 4.84. The number of oxazole rings is 1. The highest BCUT2D eigenvalue weighted by Gasteiger charge is 2.10. The number of hydrogen-bond acceptors (Lipinski definition) is 3. The van der Waals surface area contributed by atoms with E-state index in [4.69, 9.17) is 4.42 Å². The minimum atomic E-state index is 0.829. The van der Waals surface area contributed by atoms with E-state index in [1.54, 1.807) is 0 Å². The third kappa shape index (κ3) is 3.44. The quantitative estimate of drug-likeness (QED) is 0.806. The normalized spacial score (nSPS) is 10.9. The van der Waals surface area contributed by atoms with Crippen LogP contribution in [0, 0.1) is 13.8 Å². The molecule has 0 radical (unpaired) electrons. The minimum absolute atomic E-state index is 0.829. The molecule has 1 aromatic carbocycles. The standard InChI is InChI=1S/C16H22N2O/c1-4-17-10-6-9-15-18-11-14(19-15)16-12(2)7-5-8-13(16)3/h5,7-8,11,17H,4,6,9-10H2,1-3H3. The smallest absolute Gasteiger partial charge is 0.194 e. The second kappa shape index (κ2) is 6.53. The van der Waals surface area contributed by atoms with Crippen LogP contribution in [0.1, 0.15) is 30.4 Å². The maximum atomic E-state index is 5.87. The average molecular weight is 258 g/mol. The molecule has 0 aliphatic carbocycles. The lowest BCUT2D eigenvalue weighted by atomic mass is 10.0. The van der Waals surface area contributed by atoms with Crippen molar-refractivity contribution in [3.8, 4) is 11.3 Å². The van der Waals surface area contributed by atoms with Crippen LogP contribution in [0.5, 0.6) is 0 Å². The molecule has 1 N–H and O–H groups in total. The summed E-state index contributed by atoms with van der Waals surface area (Å²) in [4.78, 5) is 4.38.